The quantitative estimate of drug-likeness (QED) is 0.369. The van der Waals surface area contributed by atoms with Gasteiger partial charge in [-0.1, -0.05) is 26.8 Å². The Balaban J connectivity index is 2.50. The zero-order valence-corrected chi connectivity index (χ0v) is 18.1. The average molecular weight is 399 g/mol. The lowest BCUT2D eigenvalue weighted by Crippen LogP contribution is -2.21. The third-order valence-electron chi connectivity index (χ3n) is 4.78. The zero-order chi connectivity index (χ0) is 20.6. The lowest BCUT2D eigenvalue weighted by atomic mass is 9.91. The second-order valence-electron chi connectivity index (χ2n) is 7.85. The predicted octanol–water partition coefficient (Wildman–Crippen LogP) is 4.44. The molecule has 0 aliphatic carbocycles. The van der Waals surface area contributed by atoms with Crippen molar-refractivity contribution in [2.45, 2.75) is 51.5 Å². The molecule has 0 spiro atoms. The summed E-state index contributed by atoms with van der Waals surface area (Å²) in [4.78, 5) is 31.4. The first-order chi connectivity index (χ1) is 13.2. The number of benzene rings is 1. The lowest BCUT2D eigenvalue weighted by molar-refractivity contribution is -0.143. The monoisotopic (exact) mass is 398 g/mol. The van der Waals surface area contributed by atoms with E-state index < -0.39 is 0 Å². The summed E-state index contributed by atoms with van der Waals surface area (Å²) >= 11 is 1.57. The van der Waals surface area contributed by atoms with E-state index >= 15 is 0 Å². The van der Waals surface area contributed by atoms with E-state index in [9.17, 15) is 9.59 Å². The highest BCUT2D eigenvalue weighted by atomic mass is 32.2. The molecule has 0 amide bonds. The van der Waals surface area contributed by atoms with Crippen LogP contribution in [0.1, 0.15) is 39.0 Å². The van der Waals surface area contributed by atoms with Gasteiger partial charge in [-0.3, -0.25) is 9.59 Å². The standard InChI is InChI=1S/C22H26N2O3S/c1-7-27-17(25)12-24-18-14(9-8-13(2)20(18)28-6)19(26)15-10-11-16(22(3,4)5)23-21(15)24/h8-11H,7,12H2,1-6H3. The molecule has 0 atom stereocenters. The van der Waals surface area contributed by atoms with Gasteiger partial charge >= 0.3 is 5.97 Å². The van der Waals surface area contributed by atoms with Gasteiger partial charge in [0.2, 0.25) is 0 Å². The molecule has 3 aromatic rings. The average Bonchev–Trinajstić information content (AvgIpc) is 2.64. The Morgan fingerprint density at radius 2 is 1.86 bits per heavy atom. The number of aromatic nitrogens is 2. The molecule has 3 rings (SSSR count). The van der Waals surface area contributed by atoms with Crippen LogP contribution in [0.4, 0.5) is 0 Å². The Hall–Kier alpha value is -2.34. The van der Waals surface area contributed by atoms with Gasteiger partial charge in [-0.25, -0.2) is 4.98 Å². The number of carbonyl (C=O) groups is 1. The molecule has 28 heavy (non-hydrogen) atoms. The summed E-state index contributed by atoms with van der Waals surface area (Å²) in [5.74, 6) is -0.342. The van der Waals surface area contributed by atoms with E-state index in [0.717, 1.165) is 21.7 Å². The van der Waals surface area contributed by atoms with Crippen LogP contribution in [-0.2, 0) is 21.5 Å². The van der Waals surface area contributed by atoms with E-state index in [0.29, 0.717) is 23.0 Å². The van der Waals surface area contributed by atoms with Crippen LogP contribution in [0.15, 0.2) is 34.0 Å². The van der Waals surface area contributed by atoms with Crippen molar-refractivity contribution in [2.24, 2.45) is 0 Å². The highest BCUT2D eigenvalue weighted by molar-refractivity contribution is 7.98. The number of ether oxygens (including phenoxy) is 1. The van der Waals surface area contributed by atoms with E-state index in [-0.39, 0.29) is 23.4 Å². The van der Waals surface area contributed by atoms with E-state index in [1.165, 1.54) is 0 Å². The van der Waals surface area contributed by atoms with Gasteiger partial charge in [-0.2, -0.15) is 0 Å². The minimum atomic E-state index is -0.342. The predicted molar refractivity (Wildman–Crippen MR) is 115 cm³/mol. The Morgan fingerprint density at radius 1 is 1.18 bits per heavy atom. The minimum Gasteiger partial charge on any atom is -0.465 e. The number of pyridine rings is 2. The van der Waals surface area contributed by atoms with Crippen LogP contribution in [0.5, 0.6) is 0 Å². The van der Waals surface area contributed by atoms with Gasteiger partial charge in [0.05, 0.1) is 17.5 Å². The number of aryl methyl sites for hydroxylation is 1. The molecule has 0 bridgehead atoms. The van der Waals surface area contributed by atoms with Gasteiger partial charge in [0.15, 0.2) is 5.43 Å². The Bertz CT molecular complexity index is 1130. The summed E-state index contributed by atoms with van der Waals surface area (Å²) in [5.41, 5.74) is 2.96. The Kier molecular flexibility index (Phi) is 5.53. The minimum absolute atomic E-state index is 0.0126. The van der Waals surface area contributed by atoms with Crippen LogP contribution in [0.2, 0.25) is 0 Å². The number of hydrogen-bond acceptors (Lipinski definition) is 5. The Morgan fingerprint density at radius 3 is 2.46 bits per heavy atom. The number of thioether (sulfide) groups is 1. The van der Waals surface area contributed by atoms with Crippen molar-refractivity contribution >= 4 is 39.7 Å². The molecule has 6 heteroatoms. The van der Waals surface area contributed by atoms with Crippen LogP contribution in [0, 0.1) is 6.92 Å². The largest absolute Gasteiger partial charge is 0.465 e. The summed E-state index contributed by atoms with van der Waals surface area (Å²) in [5, 5.41) is 1.11. The van der Waals surface area contributed by atoms with Crippen molar-refractivity contribution in [1.82, 2.24) is 9.55 Å². The van der Waals surface area contributed by atoms with Crippen LogP contribution >= 0.6 is 11.8 Å². The van der Waals surface area contributed by atoms with E-state index in [2.05, 4.69) is 20.8 Å². The van der Waals surface area contributed by atoms with Crippen molar-refractivity contribution in [2.75, 3.05) is 12.9 Å². The van der Waals surface area contributed by atoms with Gasteiger partial charge in [0.25, 0.3) is 0 Å². The lowest BCUT2D eigenvalue weighted by Gasteiger charge is -2.21. The summed E-state index contributed by atoms with van der Waals surface area (Å²) in [6, 6.07) is 7.51. The molecule has 0 radical (unpaired) electrons. The van der Waals surface area contributed by atoms with Crippen molar-refractivity contribution in [3.8, 4) is 0 Å². The van der Waals surface area contributed by atoms with Crippen molar-refractivity contribution in [3.63, 3.8) is 0 Å². The second kappa shape index (κ2) is 7.59. The molecule has 0 fully saturated rings. The molecular formula is C22H26N2O3S. The molecule has 2 heterocycles. The molecule has 0 saturated heterocycles. The summed E-state index contributed by atoms with van der Waals surface area (Å²) in [6.07, 6.45) is 1.98. The zero-order valence-electron chi connectivity index (χ0n) is 17.3. The van der Waals surface area contributed by atoms with Crippen molar-refractivity contribution < 1.29 is 9.53 Å². The molecule has 5 nitrogen and oxygen atoms in total. The van der Waals surface area contributed by atoms with Crippen LogP contribution in [-0.4, -0.2) is 28.4 Å². The highest BCUT2D eigenvalue weighted by Gasteiger charge is 2.21. The first kappa shape index (κ1) is 20.4. The van der Waals surface area contributed by atoms with E-state index in [1.807, 2.05) is 42.0 Å². The maximum absolute atomic E-state index is 13.2. The molecule has 0 aliphatic heterocycles. The smallest absolute Gasteiger partial charge is 0.326 e. The maximum Gasteiger partial charge on any atom is 0.326 e. The molecule has 0 saturated carbocycles. The molecule has 0 N–H and O–H groups in total. The fraction of sp³-hybridized carbons (Fsp3) is 0.409. The summed E-state index contributed by atoms with van der Waals surface area (Å²) in [6.45, 7) is 10.3. The topological polar surface area (TPSA) is 61.2 Å². The van der Waals surface area contributed by atoms with Crippen molar-refractivity contribution in [3.05, 3.63) is 45.7 Å². The fourth-order valence-electron chi connectivity index (χ4n) is 3.37. The van der Waals surface area contributed by atoms with Crippen LogP contribution in [0.3, 0.4) is 0 Å². The van der Waals surface area contributed by atoms with Crippen molar-refractivity contribution in [1.29, 1.82) is 0 Å². The molecular weight excluding hydrogens is 372 g/mol. The Labute approximate surface area is 169 Å². The van der Waals surface area contributed by atoms with Gasteiger partial charge < -0.3 is 9.30 Å². The normalized spacial score (nSPS) is 11.9. The van der Waals surface area contributed by atoms with Gasteiger partial charge in [0, 0.05) is 21.4 Å². The highest BCUT2D eigenvalue weighted by Crippen LogP contribution is 2.31. The molecule has 2 aromatic heterocycles. The molecule has 148 valence electrons. The number of rotatable bonds is 4. The first-order valence-corrected chi connectivity index (χ1v) is 10.6. The van der Waals surface area contributed by atoms with Crippen LogP contribution in [0.25, 0.3) is 21.9 Å². The molecule has 0 aliphatic rings. The number of esters is 1. The van der Waals surface area contributed by atoms with E-state index in [4.69, 9.17) is 9.72 Å². The van der Waals surface area contributed by atoms with Gasteiger partial charge in [0.1, 0.15) is 12.2 Å². The van der Waals surface area contributed by atoms with Crippen LogP contribution < -0.4 is 5.43 Å². The number of nitrogens with zero attached hydrogens (tertiary/aromatic N) is 2. The third-order valence-corrected chi connectivity index (χ3v) is 5.71. The summed E-state index contributed by atoms with van der Waals surface area (Å²) < 4.78 is 7.05. The number of fused-ring (bicyclic) bond motifs is 2. The van der Waals surface area contributed by atoms with E-state index in [1.54, 1.807) is 18.7 Å². The summed E-state index contributed by atoms with van der Waals surface area (Å²) in [7, 11) is 0. The van der Waals surface area contributed by atoms with Gasteiger partial charge in [-0.05, 0) is 43.9 Å². The molecule has 1 aromatic carbocycles. The third kappa shape index (κ3) is 3.53. The number of carbonyl (C=O) groups excluding carboxylic acids is 1. The second-order valence-corrected chi connectivity index (χ2v) is 8.67. The number of hydrogen-bond donors (Lipinski definition) is 0. The van der Waals surface area contributed by atoms with Gasteiger partial charge in [-0.15, -0.1) is 11.8 Å². The SMILES string of the molecule is CCOC(=O)Cn1c2nc(C(C)(C)C)ccc2c(=O)c2ccc(C)c(SC)c21. The maximum atomic E-state index is 13.2. The first-order valence-electron chi connectivity index (χ1n) is 9.36. The molecule has 0 unspecified atom stereocenters. The fourth-order valence-corrected chi connectivity index (χ4v) is 4.17.